The Morgan fingerprint density at radius 3 is 2.38 bits per heavy atom. The van der Waals surface area contributed by atoms with E-state index in [-0.39, 0.29) is 11.9 Å². The van der Waals surface area contributed by atoms with E-state index < -0.39 is 0 Å². The molecule has 6 heteroatoms. The van der Waals surface area contributed by atoms with Gasteiger partial charge in [0.25, 0.3) is 5.91 Å². The normalized spacial score (nSPS) is 14.5. The van der Waals surface area contributed by atoms with Gasteiger partial charge in [-0.2, -0.15) is 0 Å². The molecule has 0 spiro atoms. The number of benzene rings is 1. The van der Waals surface area contributed by atoms with Crippen LogP contribution in [0.15, 0.2) is 18.2 Å². The highest BCUT2D eigenvalue weighted by molar-refractivity contribution is 5.94. The van der Waals surface area contributed by atoms with Crippen LogP contribution in [0.1, 0.15) is 36.2 Å². The summed E-state index contributed by atoms with van der Waals surface area (Å²) in [5.74, 6) is 0.821. The summed E-state index contributed by atoms with van der Waals surface area (Å²) in [6.07, 6.45) is 0.918. The summed E-state index contributed by atoms with van der Waals surface area (Å²) in [4.78, 5) is 28.2. The maximum atomic E-state index is 12.6. The van der Waals surface area contributed by atoms with Gasteiger partial charge in [-0.1, -0.05) is 6.92 Å². The number of carbonyl (C=O) groups is 2. The quantitative estimate of drug-likeness (QED) is 0.899. The predicted octanol–water partition coefficient (Wildman–Crippen LogP) is 2.27. The molecule has 0 radical (unpaired) electrons. The molecule has 3 amide bonds. The van der Waals surface area contributed by atoms with Gasteiger partial charge in [0.2, 0.25) is 0 Å². The zero-order valence-electron chi connectivity index (χ0n) is 14.8. The minimum Gasteiger partial charge on any atom is -0.494 e. The molecule has 1 fully saturated rings. The Hall–Kier alpha value is -2.24. The van der Waals surface area contributed by atoms with Crippen molar-refractivity contribution in [3.8, 4) is 5.75 Å². The maximum Gasteiger partial charge on any atom is 0.317 e. The first kappa shape index (κ1) is 18.1. The molecule has 0 aliphatic carbocycles. The number of aryl methyl sites for hydroxylation is 1. The van der Waals surface area contributed by atoms with Gasteiger partial charge in [-0.15, -0.1) is 0 Å². The molecular weight excluding hydrogens is 306 g/mol. The van der Waals surface area contributed by atoms with Crippen LogP contribution in [0.3, 0.4) is 0 Å². The first-order chi connectivity index (χ1) is 11.6. The molecule has 0 atom stereocenters. The van der Waals surface area contributed by atoms with Gasteiger partial charge in [-0.25, -0.2) is 4.79 Å². The summed E-state index contributed by atoms with van der Waals surface area (Å²) in [5.41, 5.74) is 1.63. The Bertz CT molecular complexity index is 581. The summed E-state index contributed by atoms with van der Waals surface area (Å²) < 4.78 is 5.51. The molecular formula is C18H27N3O3. The molecule has 1 aliphatic heterocycles. The zero-order chi connectivity index (χ0) is 17.5. The highest BCUT2D eigenvalue weighted by atomic mass is 16.5. The van der Waals surface area contributed by atoms with Crippen LogP contribution in [0.2, 0.25) is 0 Å². The Labute approximate surface area is 143 Å². The van der Waals surface area contributed by atoms with Crippen LogP contribution in [0.25, 0.3) is 0 Å². The van der Waals surface area contributed by atoms with Crippen LogP contribution in [0, 0.1) is 6.92 Å². The fourth-order valence-electron chi connectivity index (χ4n) is 2.74. The van der Waals surface area contributed by atoms with Gasteiger partial charge in [0.15, 0.2) is 0 Å². The lowest BCUT2D eigenvalue weighted by molar-refractivity contribution is 0.0665. The van der Waals surface area contributed by atoms with E-state index in [1.165, 1.54) is 0 Å². The van der Waals surface area contributed by atoms with Gasteiger partial charge >= 0.3 is 6.03 Å². The van der Waals surface area contributed by atoms with Crippen LogP contribution < -0.4 is 10.1 Å². The van der Waals surface area contributed by atoms with E-state index in [1.807, 2.05) is 32.9 Å². The largest absolute Gasteiger partial charge is 0.494 e. The first-order valence-corrected chi connectivity index (χ1v) is 8.62. The Kier molecular flexibility index (Phi) is 6.46. The second-order valence-corrected chi connectivity index (χ2v) is 5.92. The minimum atomic E-state index is -0.0409. The average Bonchev–Trinajstić information content (AvgIpc) is 2.61. The lowest BCUT2D eigenvalue weighted by Gasteiger charge is -2.34. The van der Waals surface area contributed by atoms with Crippen molar-refractivity contribution in [1.29, 1.82) is 0 Å². The zero-order valence-corrected chi connectivity index (χ0v) is 14.8. The molecule has 0 saturated carbocycles. The Balaban J connectivity index is 1.93. The number of ether oxygens (including phenoxy) is 1. The van der Waals surface area contributed by atoms with Crippen LogP contribution in [-0.4, -0.2) is 61.1 Å². The third-order valence-electron chi connectivity index (χ3n) is 4.10. The smallest absolute Gasteiger partial charge is 0.317 e. The molecule has 2 rings (SSSR count). The third-order valence-corrected chi connectivity index (χ3v) is 4.10. The van der Waals surface area contributed by atoms with Crippen LogP contribution in [0.5, 0.6) is 5.75 Å². The van der Waals surface area contributed by atoms with E-state index in [1.54, 1.807) is 15.9 Å². The maximum absolute atomic E-state index is 12.6. The monoisotopic (exact) mass is 333 g/mol. The fourth-order valence-corrected chi connectivity index (χ4v) is 2.74. The van der Waals surface area contributed by atoms with Crippen LogP contribution in [0.4, 0.5) is 4.79 Å². The highest BCUT2D eigenvalue weighted by Crippen LogP contribution is 2.20. The summed E-state index contributed by atoms with van der Waals surface area (Å²) in [7, 11) is 0. The molecule has 0 unspecified atom stereocenters. The van der Waals surface area contributed by atoms with Crippen molar-refractivity contribution in [3.63, 3.8) is 0 Å². The summed E-state index contributed by atoms with van der Waals surface area (Å²) in [5, 5.41) is 2.87. The molecule has 1 N–H and O–H groups in total. The predicted molar refractivity (Wildman–Crippen MR) is 93.5 cm³/mol. The number of hydrogen-bond donors (Lipinski definition) is 1. The van der Waals surface area contributed by atoms with E-state index in [2.05, 4.69) is 5.32 Å². The SMILES string of the molecule is CCCNC(=O)N1CCN(C(=O)c2ccc(OCC)c(C)c2)CC1. The number of piperazine rings is 1. The van der Waals surface area contributed by atoms with E-state index >= 15 is 0 Å². The van der Waals surface area contributed by atoms with Crippen molar-refractivity contribution in [1.82, 2.24) is 15.1 Å². The van der Waals surface area contributed by atoms with Crippen molar-refractivity contribution in [2.24, 2.45) is 0 Å². The van der Waals surface area contributed by atoms with Crippen LogP contribution >= 0.6 is 0 Å². The minimum absolute atomic E-state index is 0.00904. The number of hydrogen-bond acceptors (Lipinski definition) is 3. The van der Waals surface area contributed by atoms with Crippen molar-refractivity contribution >= 4 is 11.9 Å². The molecule has 1 aromatic carbocycles. The lowest BCUT2D eigenvalue weighted by atomic mass is 10.1. The van der Waals surface area contributed by atoms with E-state index in [0.717, 1.165) is 17.7 Å². The van der Waals surface area contributed by atoms with Crippen molar-refractivity contribution < 1.29 is 14.3 Å². The molecule has 1 saturated heterocycles. The molecule has 24 heavy (non-hydrogen) atoms. The number of rotatable bonds is 5. The fraction of sp³-hybridized carbons (Fsp3) is 0.556. The topological polar surface area (TPSA) is 61.9 Å². The van der Waals surface area contributed by atoms with Crippen molar-refractivity contribution in [2.45, 2.75) is 27.2 Å². The van der Waals surface area contributed by atoms with Crippen molar-refractivity contribution in [2.75, 3.05) is 39.3 Å². The summed E-state index contributed by atoms with van der Waals surface area (Å²) >= 11 is 0. The van der Waals surface area contributed by atoms with Gasteiger partial charge in [-0.3, -0.25) is 4.79 Å². The molecule has 0 aromatic heterocycles. The molecule has 6 nitrogen and oxygen atoms in total. The second kappa shape index (κ2) is 8.57. The number of amides is 3. The Morgan fingerprint density at radius 1 is 1.12 bits per heavy atom. The number of carbonyl (C=O) groups excluding carboxylic acids is 2. The summed E-state index contributed by atoms with van der Waals surface area (Å²) in [6, 6.07) is 5.48. The third kappa shape index (κ3) is 4.40. The van der Waals surface area contributed by atoms with Gasteiger partial charge in [0, 0.05) is 38.3 Å². The van der Waals surface area contributed by atoms with E-state index in [4.69, 9.17) is 4.74 Å². The van der Waals surface area contributed by atoms with E-state index in [9.17, 15) is 9.59 Å². The Morgan fingerprint density at radius 2 is 1.79 bits per heavy atom. The highest BCUT2D eigenvalue weighted by Gasteiger charge is 2.24. The molecule has 1 aromatic rings. The molecule has 1 aliphatic rings. The second-order valence-electron chi connectivity index (χ2n) is 5.92. The molecule has 1 heterocycles. The first-order valence-electron chi connectivity index (χ1n) is 8.62. The number of nitrogens with one attached hydrogen (secondary N) is 1. The standard InChI is InChI=1S/C18H27N3O3/c1-4-8-19-18(23)21-11-9-20(10-12-21)17(22)15-6-7-16(24-5-2)14(3)13-15/h6-7,13H,4-5,8-12H2,1-3H3,(H,19,23). The average molecular weight is 333 g/mol. The van der Waals surface area contributed by atoms with Crippen molar-refractivity contribution in [3.05, 3.63) is 29.3 Å². The van der Waals surface area contributed by atoms with Gasteiger partial charge in [0.05, 0.1) is 6.61 Å². The lowest BCUT2D eigenvalue weighted by Crippen LogP contribution is -2.53. The van der Waals surface area contributed by atoms with Gasteiger partial charge in [-0.05, 0) is 44.0 Å². The van der Waals surface area contributed by atoms with Gasteiger partial charge in [0.1, 0.15) is 5.75 Å². The summed E-state index contributed by atoms with van der Waals surface area (Å²) in [6.45, 7) is 9.45. The van der Waals surface area contributed by atoms with E-state index in [0.29, 0.717) is 44.9 Å². The number of nitrogens with zero attached hydrogens (tertiary/aromatic N) is 2. The molecule has 132 valence electrons. The van der Waals surface area contributed by atoms with Crippen LogP contribution in [-0.2, 0) is 0 Å². The number of urea groups is 1. The molecule has 0 bridgehead atoms. The van der Waals surface area contributed by atoms with Gasteiger partial charge < -0.3 is 19.9 Å².